The first-order chi connectivity index (χ1) is 5.27. The number of thiazole rings is 1. The van der Waals surface area contributed by atoms with Gasteiger partial charge in [0.2, 0.25) is 0 Å². The summed E-state index contributed by atoms with van der Waals surface area (Å²) in [4.78, 5) is 15.9. The Labute approximate surface area is 67.7 Å². The fourth-order valence-electron chi connectivity index (χ4n) is 1.24. The molecule has 1 N–H and O–H groups in total. The van der Waals surface area contributed by atoms with Gasteiger partial charge in [-0.05, 0) is 0 Å². The molecule has 0 spiro atoms. The summed E-state index contributed by atoms with van der Waals surface area (Å²) in [6.45, 7) is 0. The highest BCUT2D eigenvalue weighted by Crippen LogP contribution is 2.23. The van der Waals surface area contributed by atoms with E-state index < -0.39 is 6.10 Å². The predicted octanol–water partition coefficient (Wildman–Crippen LogP) is 0.633. The highest BCUT2D eigenvalue weighted by atomic mass is 32.1. The molecule has 11 heavy (non-hydrogen) atoms. The zero-order valence-corrected chi connectivity index (χ0v) is 6.60. The van der Waals surface area contributed by atoms with Crippen molar-refractivity contribution in [2.75, 3.05) is 0 Å². The van der Waals surface area contributed by atoms with Gasteiger partial charge in [-0.25, -0.2) is 4.98 Å². The normalized spacial score (nSPS) is 23.4. The maximum Gasteiger partial charge on any atom is 0.177 e. The minimum atomic E-state index is -0.517. The van der Waals surface area contributed by atoms with E-state index in [-0.39, 0.29) is 12.2 Å². The van der Waals surface area contributed by atoms with Crippen LogP contribution >= 0.6 is 11.3 Å². The van der Waals surface area contributed by atoms with Gasteiger partial charge in [0, 0.05) is 12.8 Å². The fourth-order valence-corrected chi connectivity index (χ4v) is 2.02. The highest BCUT2D eigenvalue weighted by molar-refractivity contribution is 7.12. The molecule has 0 aliphatic heterocycles. The van der Waals surface area contributed by atoms with Gasteiger partial charge in [0.05, 0.1) is 22.2 Å². The molecule has 0 radical (unpaired) electrons. The first-order valence-corrected chi connectivity index (χ1v) is 4.29. The largest absolute Gasteiger partial charge is 0.392 e. The summed E-state index contributed by atoms with van der Waals surface area (Å²) in [5, 5.41) is 9.19. The van der Waals surface area contributed by atoms with E-state index in [0.29, 0.717) is 6.42 Å². The van der Waals surface area contributed by atoms with Crippen molar-refractivity contribution in [3.63, 3.8) is 0 Å². The summed E-state index contributed by atoms with van der Waals surface area (Å²) in [7, 11) is 0. The van der Waals surface area contributed by atoms with E-state index in [4.69, 9.17) is 0 Å². The van der Waals surface area contributed by atoms with Crippen molar-refractivity contribution in [1.29, 1.82) is 0 Å². The van der Waals surface area contributed by atoms with Crippen LogP contribution in [0.1, 0.15) is 21.8 Å². The van der Waals surface area contributed by atoms with Crippen LogP contribution in [0.4, 0.5) is 0 Å². The van der Waals surface area contributed by atoms with E-state index in [9.17, 15) is 9.90 Å². The van der Waals surface area contributed by atoms with Crippen molar-refractivity contribution in [3.05, 3.63) is 16.1 Å². The molecule has 0 saturated heterocycles. The van der Waals surface area contributed by atoms with Crippen LogP contribution in [0.3, 0.4) is 0 Å². The van der Waals surface area contributed by atoms with E-state index in [2.05, 4.69) is 4.98 Å². The number of nitrogens with zero attached hydrogens (tertiary/aromatic N) is 1. The zero-order valence-electron chi connectivity index (χ0n) is 5.78. The van der Waals surface area contributed by atoms with Crippen molar-refractivity contribution >= 4 is 17.1 Å². The lowest BCUT2D eigenvalue weighted by Gasteiger charge is -2.13. The van der Waals surface area contributed by atoms with Crippen LogP contribution in [0, 0.1) is 0 Å². The third-order valence-corrected chi connectivity index (χ3v) is 2.65. The number of hydrogen-bond donors (Lipinski definition) is 1. The molecule has 3 nitrogen and oxygen atoms in total. The first kappa shape index (κ1) is 6.94. The highest BCUT2D eigenvalue weighted by Gasteiger charge is 2.25. The molecule has 1 aromatic heterocycles. The van der Waals surface area contributed by atoms with Crippen molar-refractivity contribution < 1.29 is 9.90 Å². The number of aliphatic hydroxyl groups excluding tert-OH is 1. The summed E-state index contributed by atoms with van der Waals surface area (Å²) >= 11 is 1.36. The number of rotatable bonds is 0. The number of fused-ring (bicyclic) bond motifs is 1. The van der Waals surface area contributed by atoms with Gasteiger partial charge in [0.1, 0.15) is 0 Å². The Morgan fingerprint density at radius 1 is 1.64 bits per heavy atom. The molecule has 1 atom stereocenters. The molecule has 1 aromatic rings. The average molecular weight is 169 g/mol. The van der Waals surface area contributed by atoms with E-state index in [1.165, 1.54) is 11.3 Å². The number of Topliss-reactive ketones (excluding diaryl/α,β-unsaturated/α-hetero) is 1. The molecule has 2 rings (SSSR count). The quantitative estimate of drug-likeness (QED) is 0.619. The maximum absolute atomic E-state index is 11.2. The molecule has 0 bridgehead atoms. The monoisotopic (exact) mass is 169 g/mol. The van der Waals surface area contributed by atoms with Gasteiger partial charge in [0.25, 0.3) is 0 Å². The van der Waals surface area contributed by atoms with Gasteiger partial charge in [0.15, 0.2) is 5.78 Å². The molecule has 4 heteroatoms. The van der Waals surface area contributed by atoms with Crippen LogP contribution < -0.4 is 0 Å². The number of aromatic nitrogens is 1. The average Bonchev–Trinajstić information content (AvgIpc) is 2.34. The molecule has 0 amide bonds. The zero-order chi connectivity index (χ0) is 7.84. The summed E-state index contributed by atoms with van der Waals surface area (Å²) in [5.41, 5.74) is 2.42. The molecule has 1 heterocycles. The number of carbonyl (C=O) groups excluding carboxylic acids is 1. The Kier molecular flexibility index (Phi) is 1.51. The fraction of sp³-hybridized carbons (Fsp3) is 0.429. The van der Waals surface area contributed by atoms with Crippen molar-refractivity contribution in [2.24, 2.45) is 0 Å². The molecule has 0 aromatic carbocycles. The first-order valence-electron chi connectivity index (χ1n) is 3.41. The third kappa shape index (κ3) is 1.08. The lowest BCUT2D eigenvalue weighted by Crippen LogP contribution is -2.22. The lowest BCUT2D eigenvalue weighted by atomic mass is 9.99. The Balaban J connectivity index is 2.44. The van der Waals surface area contributed by atoms with Crippen LogP contribution in [0.15, 0.2) is 5.51 Å². The van der Waals surface area contributed by atoms with Crippen LogP contribution in [-0.2, 0) is 6.42 Å². The molecule has 0 saturated carbocycles. The van der Waals surface area contributed by atoms with Crippen molar-refractivity contribution in [1.82, 2.24) is 4.98 Å². The van der Waals surface area contributed by atoms with Gasteiger partial charge in [-0.3, -0.25) is 4.79 Å². The Bertz CT molecular complexity index is 294. The molecular weight excluding hydrogens is 162 g/mol. The minimum absolute atomic E-state index is 0.0289. The second-order valence-corrected chi connectivity index (χ2v) is 3.47. The minimum Gasteiger partial charge on any atom is -0.392 e. The molecule has 1 aliphatic rings. The second kappa shape index (κ2) is 2.39. The number of ketones is 1. The van der Waals surface area contributed by atoms with Gasteiger partial charge >= 0.3 is 0 Å². The van der Waals surface area contributed by atoms with E-state index >= 15 is 0 Å². The lowest BCUT2D eigenvalue weighted by molar-refractivity contribution is 0.0856. The Hall–Kier alpha value is -0.740. The van der Waals surface area contributed by atoms with Crippen LogP contribution in [-0.4, -0.2) is 22.0 Å². The summed E-state index contributed by atoms with van der Waals surface area (Å²) < 4.78 is 0. The van der Waals surface area contributed by atoms with Gasteiger partial charge in [-0.2, -0.15) is 0 Å². The van der Waals surface area contributed by atoms with Crippen molar-refractivity contribution in [2.45, 2.75) is 18.9 Å². The van der Waals surface area contributed by atoms with E-state index in [0.717, 1.165) is 10.6 Å². The van der Waals surface area contributed by atoms with Crippen LogP contribution in [0.25, 0.3) is 0 Å². The summed E-state index contributed by atoms with van der Waals surface area (Å²) in [5.74, 6) is 0.0289. The van der Waals surface area contributed by atoms with Gasteiger partial charge < -0.3 is 5.11 Å². The molecule has 1 unspecified atom stereocenters. The molecule has 58 valence electrons. The van der Waals surface area contributed by atoms with Crippen LogP contribution in [0.5, 0.6) is 0 Å². The van der Waals surface area contributed by atoms with Gasteiger partial charge in [-0.15, -0.1) is 11.3 Å². The number of carbonyl (C=O) groups is 1. The summed E-state index contributed by atoms with van der Waals surface area (Å²) in [6.07, 6.45) is 0.275. The number of aliphatic hydroxyl groups is 1. The molecular formula is C7H7NO2S. The number of hydrogen-bond acceptors (Lipinski definition) is 4. The molecule has 1 aliphatic carbocycles. The smallest absolute Gasteiger partial charge is 0.177 e. The second-order valence-electron chi connectivity index (χ2n) is 2.61. The van der Waals surface area contributed by atoms with Gasteiger partial charge in [-0.1, -0.05) is 0 Å². The van der Waals surface area contributed by atoms with Crippen LogP contribution in [0.2, 0.25) is 0 Å². The predicted molar refractivity (Wildman–Crippen MR) is 40.8 cm³/mol. The Morgan fingerprint density at radius 2 is 2.45 bits per heavy atom. The van der Waals surface area contributed by atoms with Crippen molar-refractivity contribution in [3.8, 4) is 0 Å². The topological polar surface area (TPSA) is 50.2 Å². The standard InChI is InChI=1S/C7H7NO2S/c9-4-1-5-7(6(10)2-4)11-3-8-5/h3-4,9H,1-2H2. The Morgan fingerprint density at radius 3 is 3.27 bits per heavy atom. The SMILES string of the molecule is O=C1CC(O)Cc2ncsc21. The van der Waals surface area contributed by atoms with E-state index in [1.807, 2.05) is 0 Å². The van der Waals surface area contributed by atoms with E-state index in [1.54, 1.807) is 5.51 Å². The maximum atomic E-state index is 11.2. The third-order valence-electron chi connectivity index (χ3n) is 1.74. The molecule has 0 fully saturated rings. The summed E-state index contributed by atoms with van der Waals surface area (Å²) in [6, 6.07) is 0.